The van der Waals surface area contributed by atoms with E-state index >= 15 is 0 Å². The Balaban J connectivity index is 2.54. The molecule has 0 amide bonds. The largest absolute Gasteiger partial charge is 0.207 e. The van der Waals surface area contributed by atoms with Gasteiger partial charge in [-0.05, 0) is 42.2 Å². The van der Waals surface area contributed by atoms with Crippen LogP contribution < -0.4 is 0 Å². The molecule has 0 atom stereocenters. The maximum Gasteiger partial charge on any atom is 0.142 e. The van der Waals surface area contributed by atoms with Crippen LogP contribution in [-0.4, -0.2) is 0 Å². The van der Waals surface area contributed by atoms with Crippen LogP contribution in [0, 0.1) is 24.4 Å². The van der Waals surface area contributed by atoms with Crippen LogP contribution in [0.5, 0.6) is 0 Å². The number of benzene rings is 2. The highest BCUT2D eigenvalue weighted by atomic mass is 35.5. The van der Waals surface area contributed by atoms with E-state index in [1.54, 1.807) is 0 Å². The first-order valence-corrected chi connectivity index (χ1v) is 6.13. The van der Waals surface area contributed by atoms with Gasteiger partial charge in [-0.25, -0.2) is 13.2 Å². The van der Waals surface area contributed by atoms with Crippen LogP contribution in [0.15, 0.2) is 30.3 Å². The quantitative estimate of drug-likeness (QED) is 0.727. The summed E-state index contributed by atoms with van der Waals surface area (Å²) in [6, 6.07) is 6.17. The Bertz CT molecular complexity index is 609. The van der Waals surface area contributed by atoms with Crippen molar-refractivity contribution in [1.82, 2.24) is 0 Å². The molecule has 0 aromatic heterocycles. The third-order valence-corrected chi connectivity index (χ3v) is 3.12. The standard InChI is InChI=1S/C15H11ClF3/c1-2-3-10-6-11(14(18)8-13(10)17)9-4-5-12(16)15(19)7-9/h4-8H,1-3H2. The van der Waals surface area contributed by atoms with Crippen molar-refractivity contribution in [3.8, 4) is 11.1 Å². The summed E-state index contributed by atoms with van der Waals surface area (Å²) in [6.45, 7) is 3.63. The fourth-order valence-electron chi connectivity index (χ4n) is 1.86. The Labute approximate surface area is 114 Å². The van der Waals surface area contributed by atoms with Gasteiger partial charge >= 0.3 is 0 Å². The van der Waals surface area contributed by atoms with Gasteiger partial charge in [-0.1, -0.05) is 24.6 Å². The summed E-state index contributed by atoms with van der Waals surface area (Å²) in [6.07, 6.45) is 0.895. The van der Waals surface area contributed by atoms with Crippen molar-refractivity contribution in [2.45, 2.75) is 12.8 Å². The Morgan fingerprint density at radius 1 is 0.947 bits per heavy atom. The molecule has 0 N–H and O–H groups in total. The van der Waals surface area contributed by atoms with E-state index in [9.17, 15) is 13.2 Å². The zero-order chi connectivity index (χ0) is 14.0. The Morgan fingerprint density at radius 2 is 1.68 bits per heavy atom. The third-order valence-electron chi connectivity index (χ3n) is 2.81. The summed E-state index contributed by atoms with van der Waals surface area (Å²) in [5.41, 5.74) is 0.840. The molecule has 4 heteroatoms. The van der Waals surface area contributed by atoms with Crippen molar-refractivity contribution in [2.75, 3.05) is 0 Å². The predicted molar refractivity (Wildman–Crippen MR) is 70.4 cm³/mol. The molecular weight excluding hydrogens is 273 g/mol. The molecule has 0 spiro atoms. The van der Waals surface area contributed by atoms with E-state index in [2.05, 4.69) is 6.92 Å². The summed E-state index contributed by atoms with van der Waals surface area (Å²) in [4.78, 5) is 0. The summed E-state index contributed by atoms with van der Waals surface area (Å²) in [5, 5.41) is -0.0377. The van der Waals surface area contributed by atoms with Gasteiger partial charge < -0.3 is 0 Å². The second-order valence-electron chi connectivity index (χ2n) is 4.16. The number of aryl methyl sites for hydroxylation is 1. The first-order chi connectivity index (χ1) is 9.02. The first-order valence-electron chi connectivity index (χ1n) is 5.75. The van der Waals surface area contributed by atoms with Crippen LogP contribution in [-0.2, 0) is 6.42 Å². The summed E-state index contributed by atoms with van der Waals surface area (Å²) in [5.74, 6) is -1.98. The molecule has 0 aliphatic heterocycles. The number of hydrogen-bond donors (Lipinski definition) is 0. The smallest absolute Gasteiger partial charge is 0.142 e. The fourth-order valence-corrected chi connectivity index (χ4v) is 1.98. The minimum atomic E-state index is -0.730. The topological polar surface area (TPSA) is 0 Å². The van der Waals surface area contributed by atoms with Crippen molar-refractivity contribution in [1.29, 1.82) is 0 Å². The second kappa shape index (κ2) is 5.66. The van der Waals surface area contributed by atoms with Gasteiger partial charge in [0.15, 0.2) is 0 Å². The molecule has 2 aromatic carbocycles. The van der Waals surface area contributed by atoms with Gasteiger partial charge in [0, 0.05) is 11.6 Å². The molecular formula is C15H11ClF3. The molecule has 19 heavy (non-hydrogen) atoms. The summed E-state index contributed by atoms with van der Waals surface area (Å²) in [7, 11) is 0. The van der Waals surface area contributed by atoms with Crippen LogP contribution in [0.4, 0.5) is 13.2 Å². The molecule has 0 nitrogen and oxygen atoms in total. The minimum absolute atomic E-state index is 0.0377. The number of halogens is 4. The fraction of sp³-hybridized carbons (Fsp3) is 0.133. The third kappa shape index (κ3) is 2.92. The summed E-state index contributed by atoms with van der Waals surface area (Å²) >= 11 is 5.58. The Morgan fingerprint density at radius 3 is 2.32 bits per heavy atom. The average molecular weight is 284 g/mol. The van der Waals surface area contributed by atoms with E-state index in [1.807, 2.05) is 0 Å². The highest BCUT2D eigenvalue weighted by Gasteiger charge is 2.12. The van der Waals surface area contributed by atoms with Crippen LogP contribution in [0.25, 0.3) is 11.1 Å². The molecule has 0 saturated carbocycles. The number of rotatable bonds is 3. The SMILES string of the molecule is [CH2]CCc1cc(-c2ccc(Cl)c(F)c2)c(F)cc1F. The van der Waals surface area contributed by atoms with Gasteiger partial charge in [0.1, 0.15) is 17.5 Å². The van der Waals surface area contributed by atoms with Gasteiger partial charge in [0.25, 0.3) is 0 Å². The molecule has 99 valence electrons. The lowest BCUT2D eigenvalue weighted by molar-refractivity contribution is 0.573. The van der Waals surface area contributed by atoms with Crippen molar-refractivity contribution in [2.24, 2.45) is 0 Å². The van der Waals surface area contributed by atoms with E-state index in [0.29, 0.717) is 24.0 Å². The van der Waals surface area contributed by atoms with Crippen LogP contribution in [0.3, 0.4) is 0 Å². The van der Waals surface area contributed by atoms with Crippen molar-refractivity contribution < 1.29 is 13.2 Å². The highest BCUT2D eigenvalue weighted by molar-refractivity contribution is 6.30. The lowest BCUT2D eigenvalue weighted by atomic mass is 10.00. The van der Waals surface area contributed by atoms with Crippen LogP contribution in [0.2, 0.25) is 5.02 Å². The maximum absolute atomic E-state index is 13.8. The molecule has 0 heterocycles. The molecule has 0 fully saturated rings. The van der Waals surface area contributed by atoms with Gasteiger partial charge in [0.2, 0.25) is 0 Å². The summed E-state index contributed by atoms with van der Waals surface area (Å²) < 4.78 is 40.7. The van der Waals surface area contributed by atoms with Gasteiger partial charge in [-0.3, -0.25) is 0 Å². The van der Waals surface area contributed by atoms with Crippen molar-refractivity contribution in [3.63, 3.8) is 0 Å². The van der Waals surface area contributed by atoms with E-state index < -0.39 is 17.5 Å². The lowest BCUT2D eigenvalue weighted by Gasteiger charge is -2.08. The zero-order valence-electron chi connectivity index (χ0n) is 10.0. The second-order valence-corrected chi connectivity index (χ2v) is 4.56. The monoisotopic (exact) mass is 283 g/mol. The lowest BCUT2D eigenvalue weighted by Crippen LogP contribution is -1.95. The highest BCUT2D eigenvalue weighted by Crippen LogP contribution is 2.28. The van der Waals surface area contributed by atoms with Crippen molar-refractivity contribution >= 4 is 11.6 Å². The van der Waals surface area contributed by atoms with Gasteiger partial charge in [-0.15, -0.1) is 0 Å². The predicted octanol–water partition coefficient (Wildman–Crippen LogP) is 5.19. The number of hydrogen-bond acceptors (Lipinski definition) is 0. The molecule has 0 aliphatic rings. The maximum atomic E-state index is 13.8. The molecule has 1 radical (unpaired) electrons. The normalized spacial score (nSPS) is 10.8. The zero-order valence-corrected chi connectivity index (χ0v) is 10.8. The molecule has 0 bridgehead atoms. The van der Waals surface area contributed by atoms with Crippen LogP contribution >= 0.6 is 11.6 Å². The Hall–Kier alpha value is -1.48. The van der Waals surface area contributed by atoms with Crippen molar-refractivity contribution in [3.05, 3.63) is 65.3 Å². The average Bonchev–Trinajstić information content (AvgIpc) is 2.36. The minimum Gasteiger partial charge on any atom is -0.207 e. The molecule has 2 rings (SSSR count). The van der Waals surface area contributed by atoms with E-state index in [-0.39, 0.29) is 10.6 Å². The first kappa shape index (κ1) is 13.9. The Kier molecular flexibility index (Phi) is 4.15. The molecule has 0 unspecified atom stereocenters. The molecule has 2 aromatic rings. The van der Waals surface area contributed by atoms with E-state index in [4.69, 9.17) is 11.6 Å². The molecule has 0 aliphatic carbocycles. The van der Waals surface area contributed by atoms with Gasteiger partial charge in [0.05, 0.1) is 5.02 Å². The van der Waals surface area contributed by atoms with E-state index in [1.165, 1.54) is 18.2 Å². The van der Waals surface area contributed by atoms with Gasteiger partial charge in [-0.2, -0.15) is 0 Å². The van der Waals surface area contributed by atoms with Crippen LogP contribution in [0.1, 0.15) is 12.0 Å². The van der Waals surface area contributed by atoms with E-state index in [0.717, 1.165) is 12.1 Å². The molecule has 0 saturated heterocycles.